The van der Waals surface area contributed by atoms with Gasteiger partial charge in [0.25, 0.3) is 0 Å². The summed E-state index contributed by atoms with van der Waals surface area (Å²) in [6.45, 7) is 0. The first kappa shape index (κ1) is 8.35. The Balaban J connectivity index is 0.000000180. The van der Waals surface area contributed by atoms with Crippen molar-refractivity contribution < 1.29 is 9.63 Å². The maximum atomic E-state index is 9.00. The van der Waals surface area contributed by atoms with E-state index in [1.807, 2.05) is 6.08 Å². The summed E-state index contributed by atoms with van der Waals surface area (Å²) in [4.78, 5) is 13.6. The van der Waals surface area contributed by atoms with Crippen molar-refractivity contribution in [2.24, 2.45) is 11.5 Å². The normalized spacial score (nSPS) is 12.0. The number of nitrogens with one attached hydrogen (secondary N) is 1. The largest absolute Gasteiger partial charge is 0.391 e. The van der Waals surface area contributed by atoms with Crippen LogP contribution in [0.15, 0.2) is 24.6 Å². The van der Waals surface area contributed by atoms with Crippen molar-refractivity contribution in [1.29, 1.82) is 0 Å². The molecule has 5 N–H and O–H groups in total. The third kappa shape index (κ3) is 9.61. The number of amides is 2. The molecule has 5 heteroatoms. The van der Waals surface area contributed by atoms with Gasteiger partial charge in [0.2, 0.25) is 0 Å². The van der Waals surface area contributed by atoms with E-state index in [0.29, 0.717) is 0 Å². The Morgan fingerprint density at radius 2 is 2.00 bits per heavy atom. The van der Waals surface area contributed by atoms with E-state index < -0.39 is 6.03 Å². The number of primary amides is 2. The average molecular weight is 143 g/mol. The minimum atomic E-state index is -0.833. The second-order valence-corrected chi connectivity index (χ2v) is 1.33. The second kappa shape index (κ2) is 5.49. The van der Waals surface area contributed by atoms with Gasteiger partial charge in [-0.3, -0.25) is 0 Å². The highest BCUT2D eigenvalue weighted by atomic mass is 16.6. The van der Waals surface area contributed by atoms with Gasteiger partial charge in [-0.05, 0) is 12.2 Å². The van der Waals surface area contributed by atoms with Crippen LogP contribution in [0.1, 0.15) is 0 Å². The number of hydroxylamine groups is 1. The number of hydrogen-bond donors (Lipinski definition) is 3. The minimum Gasteiger partial charge on any atom is -0.391 e. The summed E-state index contributed by atoms with van der Waals surface area (Å²) in [5, 5.41) is 0. The molecule has 1 aliphatic rings. The molecule has 0 fully saturated rings. The molecule has 0 atom stereocenters. The monoisotopic (exact) mass is 143 g/mol. The van der Waals surface area contributed by atoms with Crippen molar-refractivity contribution in [3.05, 3.63) is 24.6 Å². The third-order valence-electron chi connectivity index (χ3n) is 0.490. The Morgan fingerprint density at radius 1 is 1.40 bits per heavy atom. The molecule has 5 nitrogen and oxygen atoms in total. The summed E-state index contributed by atoms with van der Waals surface area (Å²) in [6, 6.07) is -0.833. The maximum absolute atomic E-state index is 9.00. The number of allylic oxidation sites excluding steroid dienone is 2. The Bertz CT molecular complexity index is 137. The molecule has 56 valence electrons. The summed E-state index contributed by atoms with van der Waals surface area (Å²) in [7, 11) is 0. The number of hydrogen-bond acceptors (Lipinski definition) is 3. The fourth-order valence-electron chi connectivity index (χ4n) is 0.258. The summed E-state index contributed by atoms with van der Waals surface area (Å²) in [6.07, 6.45) is 6.93. The summed E-state index contributed by atoms with van der Waals surface area (Å²) < 4.78 is 0. The maximum Gasteiger partial charge on any atom is 0.309 e. The molecule has 1 heterocycles. The van der Waals surface area contributed by atoms with Gasteiger partial charge >= 0.3 is 6.03 Å². The summed E-state index contributed by atoms with van der Waals surface area (Å²) in [5.74, 6) is 0. The van der Waals surface area contributed by atoms with Crippen molar-refractivity contribution >= 4 is 6.03 Å². The van der Waals surface area contributed by atoms with Gasteiger partial charge in [0.1, 0.15) is 6.26 Å². The van der Waals surface area contributed by atoms with Crippen LogP contribution in [0.25, 0.3) is 0 Å². The zero-order valence-electron chi connectivity index (χ0n) is 5.28. The molecule has 0 aromatic rings. The first-order chi connectivity index (χ1) is 4.73. The number of carbonyl (C=O) groups is 1. The van der Waals surface area contributed by atoms with Gasteiger partial charge < -0.3 is 16.3 Å². The average Bonchev–Trinajstić information content (AvgIpc) is 1.90. The zero-order valence-corrected chi connectivity index (χ0v) is 5.28. The Morgan fingerprint density at radius 3 is 2.10 bits per heavy atom. The van der Waals surface area contributed by atoms with E-state index >= 15 is 0 Å². The second-order valence-electron chi connectivity index (χ2n) is 1.33. The van der Waals surface area contributed by atoms with Crippen molar-refractivity contribution in [2.75, 3.05) is 0 Å². The minimum absolute atomic E-state index is 0.833. The molecule has 0 saturated heterocycles. The standard InChI is InChI=1S/C4H5NO.CH4N2O/c1-2-4-6-5-3-1;2-1(3)4/h1-5H;(H4,2,3,4). The summed E-state index contributed by atoms with van der Waals surface area (Å²) in [5.41, 5.74) is 11.0. The van der Waals surface area contributed by atoms with Crippen LogP contribution in [0.2, 0.25) is 0 Å². The fourth-order valence-corrected chi connectivity index (χ4v) is 0.258. The molecule has 0 radical (unpaired) electrons. The van der Waals surface area contributed by atoms with Gasteiger partial charge in [-0.2, -0.15) is 0 Å². The van der Waals surface area contributed by atoms with Crippen molar-refractivity contribution in [2.45, 2.75) is 0 Å². The highest BCUT2D eigenvalue weighted by Gasteiger charge is 1.72. The van der Waals surface area contributed by atoms with E-state index in [2.05, 4.69) is 21.8 Å². The van der Waals surface area contributed by atoms with Crippen molar-refractivity contribution in [1.82, 2.24) is 5.48 Å². The lowest BCUT2D eigenvalue weighted by Gasteiger charge is -1.97. The Labute approximate surface area is 58.3 Å². The van der Waals surface area contributed by atoms with Crippen LogP contribution in [-0.2, 0) is 4.84 Å². The van der Waals surface area contributed by atoms with Gasteiger partial charge in [-0.15, -0.1) is 0 Å². The molecular weight excluding hydrogens is 134 g/mol. The predicted octanol–water partition coefficient (Wildman–Crippen LogP) is -0.428. The molecule has 0 spiro atoms. The molecule has 2 amide bonds. The van der Waals surface area contributed by atoms with E-state index in [-0.39, 0.29) is 0 Å². The molecule has 0 aromatic heterocycles. The molecule has 10 heavy (non-hydrogen) atoms. The molecular formula is C5H9N3O2. The van der Waals surface area contributed by atoms with Gasteiger partial charge in [-0.1, -0.05) is 0 Å². The lowest BCUT2D eigenvalue weighted by Crippen LogP contribution is -2.18. The van der Waals surface area contributed by atoms with Crippen LogP contribution in [0.4, 0.5) is 4.79 Å². The van der Waals surface area contributed by atoms with Crippen molar-refractivity contribution in [3.63, 3.8) is 0 Å². The van der Waals surface area contributed by atoms with Crippen molar-refractivity contribution in [3.8, 4) is 0 Å². The van der Waals surface area contributed by atoms with Gasteiger partial charge in [0.05, 0.1) is 0 Å². The third-order valence-corrected chi connectivity index (χ3v) is 0.490. The lowest BCUT2D eigenvalue weighted by atomic mass is 10.6. The fraction of sp³-hybridized carbons (Fsp3) is 0. The van der Waals surface area contributed by atoms with Crippen LogP contribution in [0.5, 0.6) is 0 Å². The number of carbonyl (C=O) groups excluding carboxylic acids is 1. The molecule has 0 aliphatic carbocycles. The van der Waals surface area contributed by atoms with Gasteiger partial charge in [0.15, 0.2) is 0 Å². The number of rotatable bonds is 0. The van der Waals surface area contributed by atoms with Gasteiger partial charge in [0, 0.05) is 6.20 Å². The van der Waals surface area contributed by atoms with E-state index in [0.717, 1.165) is 0 Å². The van der Waals surface area contributed by atoms with E-state index in [4.69, 9.17) is 4.79 Å². The van der Waals surface area contributed by atoms with Crippen LogP contribution in [-0.4, -0.2) is 6.03 Å². The van der Waals surface area contributed by atoms with E-state index in [1.165, 1.54) is 0 Å². The predicted molar refractivity (Wildman–Crippen MR) is 36.3 cm³/mol. The highest BCUT2D eigenvalue weighted by Crippen LogP contribution is 1.80. The Hall–Kier alpha value is -1.65. The molecule has 0 saturated carbocycles. The van der Waals surface area contributed by atoms with Gasteiger partial charge in [-0.25, -0.2) is 10.3 Å². The van der Waals surface area contributed by atoms with E-state index in [9.17, 15) is 0 Å². The zero-order chi connectivity index (χ0) is 7.82. The molecule has 0 bridgehead atoms. The molecule has 0 unspecified atom stereocenters. The first-order valence-electron chi connectivity index (χ1n) is 2.51. The molecule has 1 rings (SSSR count). The number of nitrogens with two attached hydrogens (primary N) is 2. The quantitative estimate of drug-likeness (QED) is 0.430. The topological polar surface area (TPSA) is 90.4 Å². The van der Waals surface area contributed by atoms with Crippen LogP contribution in [0.3, 0.4) is 0 Å². The smallest absolute Gasteiger partial charge is 0.309 e. The van der Waals surface area contributed by atoms with Crippen LogP contribution >= 0.6 is 0 Å². The molecule has 1 aliphatic heterocycles. The van der Waals surface area contributed by atoms with E-state index in [1.54, 1.807) is 18.5 Å². The van der Waals surface area contributed by atoms with Crippen LogP contribution < -0.4 is 16.9 Å². The Kier molecular flexibility index (Phi) is 4.58. The SMILES string of the molecule is C1=CNOC=C1.NC(N)=O. The first-order valence-corrected chi connectivity index (χ1v) is 2.51. The lowest BCUT2D eigenvalue weighted by molar-refractivity contribution is 0.172. The van der Waals surface area contributed by atoms with Crippen LogP contribution in [0, 0.1) is 0 Å². The summed E-state index contributed by atoms with van der Waals surface area (Å²) >= 11 is 0. The number of urea groups is 1. The highest BCUT2D eigenvalue weighted by molar-refractivity contribution is 5.69. The molecule has 0 aromatic carbocycles.